The third-order valence-electron chi connectivity index (χ3n) is 3.26. The van der Waals surface area contributed by atoms with E-state index >= 15 is 0 Å². The van der Waals surface area contributed by atoms with Crippen LogP contribution < -0.4 is 5.32 Å². The molecule has 98 valence electrons. The summed E-state index contributed by atoms with van der Waals surface area (Å²) >= 11 is 3.39. The molecule has 1 aliphatic carbocycles. The summed E-state index contributed by atoms with van der Waals surface area (Å²) in [4.78, 5) is 12.2. The lowest BCUT2D eigenvalue weighted by Crippen LogP contribution is -2.42. The maximum absolute atomic E-state index is 12.2. The molecule has 1 saturated carbocycles. The van der Waals surface area contributed by atoms with E-state index in [1.54, 1.807) is 13.8 Å². The van der Waals surface area contributed by atoms with E-state index in [4.69, 9.17) is 0 Å². The number of aliphatic hydroxyl groups is 1. The van der Waals surface area contributed by atoms with E-state index < -0.39 is 5.60 Å². The molecule has 0 aliphatic heterocycles. The first-order valence-corrected chi connectivity index (χ1v) is 6.90. The van der Waals surface area contributed by atoms with Crippen LogP contribution in [0.4, 0.5) is 0 Å². The minimum absolute atomic E-state index is 0.0203. The van der Waals surface area contributed by atoms with Crippen LogP contribution in [-0.2, 0) is 10.2 Å². The molecule has 0 atom stereocenters. The number of carbonyl (C=O) groups is 1. The number of nitrogens with one attached hydrogen (secondary N) is 1. The Bertz CT molecular complexity index is 444. The van der Waals surface area contributed by atoms with Gasteiger partial charge >= 0.3 is 0 Å². The summed E-state index contributed by atoms with van der Waals surface area (Å²) in [7, 11) is 0. The van der Waals surface area contributed by atoms with Crippen molar-refractivity contribution < 1.29 is 9.90 Å². The Morgan fingerprint density at radius 2 is 1.94 bits per heavy atom. The van der Waals surface area contributed by atoms with Gasteiger partial charge in [-0.25, -0.2) is 0 Å². The Morgan fingerprint density at radius 1 is 1.39 bits per heavy atom. The lowest BCUT2D eigenvalue weighted by atomic mass is 9.95. The molecular formula is C14H18BrNO2. The average Bonchev–Trinajstić information content (AvgIpc) is 3.07. The van der Waals surface area contributed by atoms with E-state index in [2.05, 4.69) is 21.2 Å². The highest BCUT2D eigenvalue weighted by atomic mass is 79.9. The first kappa shape index (κ1) is 13.6. The summed E-state index contributed by atoms with van der Waals surface area (Å²) in [6, 6.07) is 7.89. The van der Waals surface area contributed by atoms with E-state index in [0.717, 1.165) is 22.9 Å². The van der Waals surface area contributed by atoms with Crippen molar-refractivity contribution in [3.8, 4) is 0 Å². The largest absolute Gasteiger partial charge is 0.389 e. The van der Waals surface area contributed by atoms with E-state index in [0.29, 0.717) is 0 Å². The van der Waals surface area contributed by atoms with E-state index in [9.17, 15) is 9.90 Å². The van der Waals surface area contributed by atoms with Gasteiger partial charge in [-0.2, -0.15) is 0 Å². The predicted molar refractivity (Wildman–Crippen MR) is 74.4 cm³/mol. The SMILES string of the molecule is CC(C)(O)CNC(=O)C1(c2ccc(Br)cc2)CC1. The lowest BCUT2D eigenvalue weighted by Gasteiger charge is -2.21. The van der Waals surface area contributed by atoms with Gasteiger partial charge in [0.15, 0.2) is 0 Å². The number of benzene rings is 1. The second-order valence-electron chi connectivity index (χ2n) is 5.58. The topological polar surface area (TPSA) is 49.3 Å². The molecule has 1 fully saturated rings. The first-order valence-electron chi connectivity index (χ1n) is 6.10. The van der Waals surface area contributed by atoms with Crippen molar-refractivity contribution >= 4 is 21.8 Å². The molecule has 2 N–H and O–H groups in total. The van der Waals surface area contributed by atoms with Gasteiger partial charge in [0.05, 0.1) is 11.0 Å². The number of carbonyl (C=O) groups excluding carboxylic acids is 1. The average molecular weight is 312 g/mol. The van der Waals surface area contributed by atoms with Gasteiger partial charge in [-0.15, -0.1) is 0 Å². The summed E-state index contributed by atoms with van der Waals surface area (Å²) in [6.45, 7) is 3.66. The van der Waals surface area contributed by atoms with E-state index in [1.165, 1.54) is 0 Å². The van der Waals surface area contributed by atoms with Crippen molar-refractivity contribution in [3.05, 3.63) is 34.3 Å². The minimum Gasteiger partial charge on any atom is -0.389 e. The second kappa shape index (κ2) is 4.67. The van der Waals surface area contributed by atoms with Crippen LogP contribution in [0.15, 0.2) is 28.7 Å². The van der Waals surface area contributed by atoms with Gasteiger partial charge in [0.2, 0.25) is 5.91 Å². The maximum atomic E-state index is 12.2. The Kier molecular flexibility index (Phi) is 3.52. The fourth-order valence-corrected chi connectivity index (χ4v) is 2.27. The van der Waals surface area contributed by atoms with Crippen molar-refractivity contribution in [1.29, 1.82) is 0 Å². The zero-order valence-corrected chi connectivity index (χ0v) is 12.3. The van der Waals surface area contributed by atoms with Gasteiger partial charge in [-0.05, 0) is 44.4 Å². The zero-order chi connectivity index (χ0) is 13.4. The molecule has 1 aromatic carbocycles. The molecule has 0 saturated heterocycles. The van der Waals surface area contributed by atoms with Crippen molar-refractivity contribution in [2.45, 2.75) is 37.7 Å². The Labute approximate surface area is 116 Å². The first-order chi connectivity index (χ1) is 8.33. The van der Waals surface area contributed by atoms with Crippen molar-refractivity contribution in [1.82, 2.24) is 5.32 Å². The Hall–Kier alpha value is -0.870. The van der Waals surface area contributed by atoms with Crippen LogP contribution in [0.2, 0.25) is 0 Å². The van der Waals surface area contributed by atoms with Crippen LogP contribution in [0, 0.1) is 0 Å². The summed E-state index contributed by atoms with van der Waals surface area (Å²) < 4.78 is 1.01. The summed E-state index contributed by atoms with van der Waals surface area (Å²) in [5, 5.41) is 12.5. The maximum Gasteiger partial charge on any atom is 0.230 e. The molecular weight excluding hydrogens is 294 g/mol. The van der Waals surface area contributed by atoms with Crippen LogP contribution in [0.1, 0.15) is 32.3 Å². The van der Waals surface area contributed by atoms with Gasteiger partial charge in [-0.1, -0.05) is 28.1 Å². The van der Waals surface area contributed by atoms with Gasteiger partial charge < -0.3 is 10.4 Å². The van der Waals surface area contributed by atoms with Gasteiger partial charge in [0, 0.05) is 11.0 Å². The molecule has 0 radical (unpaired) electrons. The molecule has 0 bridgehead atoms. The van der Waals surface area contributed by atoms with Crippen LogP contribution in [0.5, 0.6) is 0 Å². The third-order valence-corrected chi connectivity index (χ3v) is 3.79. The molecule has 2 rings (SSSR count). The number of halogens is 1. The smallest absolute Gasteiger partial charge is 0.230 e. The standard InChI is InChI=1S/C14H18BrNO2/c1-13(2,18)9-16-12(17)14(7-8-14)10-3-5-11(15)6-4-10/h3-6,18H,7-9H2,1-2H3,(H,16,17). The number of rotatable bonds is 4. The molecule has 0 aromatic heterocycles. The normalized spacial score (nSPS) is 17.3. The van der Waals surface area contributed by atoms with Crippen LogP contribution in [0.3, 0.4) is 0 Å². The molecule has 18 heavy (non-hydrogen) atoms. The van der Waals surface area contributed by atoms with E-state index in [1.807, 2.05) is 24.3 Å². The van der Waals surface area contributed by atoms with Crippen molar-refractivity contribution in [2.75, 3.05) is 6.54 Å². The predicted octanol–water partition coefficient (Wildman–Crippen LogP) is 2.37. The van der Waals surface area contributed by atoms with Crippen molar-refractivity contribution in [3.63, 3.8) is 0 Å². The third kappa shape index (κ3) is 2.93. The molecule has 4 heteroatoms. The monoisotopic (exact) mass is 311 g/mol. The number of hydrogen-bond acceptors (Lipinski definition) is 2. The molecule has 1 aliphatic rings. The summed E-state index contributed by atoms with van der Waals surface area (Å²) in [6.07, 6.45) is 1.76. The Balaban J connectivity index is 2.07. The van der Waals surface area contributed by atoms with Crippen LogP contribution in [-0.4, -0.2) is 23.2 Å². The van der Waals surface area contributed by atoms with Crippen LogP contribution in [0.25, 0.3) is 0 Å². The molecule has 0 spiro atoms. The summed E-state index contributed by atoms with van der Waals surface area (Å²) in [5.41, 5.74) is -0.184. The summed E-state index contributed by atoms with van der Waals surface area (Å²) in [5.74, 6) is 0.0203. The lowest BCUT2D eigenvalue weighted by molar-refractivity contribution is -0.124. The highest BCUT2D eigenvalue weighted by molar-refractivity contribution is 9.10. The minimum atomic E-state index is -0.870. The highest BCUT2D eigenvalue weighted by Gasteiger charge is 2.51. The van der Waals surface area contributed by atoms with Gasteiger partial charge in [-0.3, -0.25) is 4.79 Å². The fraction of sp³-hybridized carbons (Fsp3) is 0.500. The molecule has 3 nitrogen and oxygen atoms in total. The molecule has 0 heterocycles. The zero-order valence-electron chi connectivity index (χ0n) is 10.7. The van der Waals surface area contributed by atoms with Gasteiger partial charge in [0.1, 0.15) is 0 Å². The Morgan fingerprint density at radius 3 is 2.39 bits per heavy atom. The molecule has 1 amide bonds. The number of hydrogen-bond donors (Lipinski definition) is 2. The molecule has 0 unspecified atom stereocenters. The number of amides is 1. The van der Waals surface area contributed by atoms with Crippen molar-refractivity contribution in [2.24, 2.45) is 0 Å². The molecule has 1 aromatic rings. The van der Waals surface area contributed by atoms with Gasteiger partial charge in [0.25, 0.3) is 0 Å². The second-order valence-corrected chi connectivity index (χ2v) is 6.50. The highest BCUT2D eigenvalue weighted by Crippen LogP contribution is 2.48. The van der Waals surface area contributed by atoms with E-state index in [-0.39, 0.29) is 17.9 Å². The van der Waals surface area contributed by atoms with Crippen LogP contribution >= 0.6 is 15.9 Å². The quantitative estimate of drug-likeness (QED) is 0.897. The fourth-order valence-electron chi connectivity index (χ4n) is 2.01.